The van der Waals surface area contributed by atoms with Crippen molar-refractivity contribution >= 4 is 24.2 Å². The van der Waals surface area contributed by atoms with E-state index in [4.69, 9.17) is 0 Å². The smallest absolute Gasteiger partial charge is 0.256 e. The standard InChI is InChI=1S/C17H22FN3O2.ClH/c18-14-6-2-1-5-13(14)16(22)20-9-4-10-21(12-11-20)17(23)15-7-3-8-19-15;/h1-2,5-6,15,19H,3-4,7-12H2;1H. The van der Waals surface area contributed by atoms with Gasteiger partial charge in [0.2, 0.25) is 5.91 Å². The number of carbonyl (C=O) groups is 2. The van der Waals surface area contributed by atoms with Crippen molar-refractivity contribution in [3.63, 3.8) is 0 Å². The maximum absolute atomic E-state index is 13.8. The molecule has 1 aromatic rings. The van der Waals surface area contributed by atoms with Crippen molar-refractivity contribution in [2.75, 3.05) is 32.7 Å². The molecule has 5 nitrogen and oxygen atoms in total. The lowest BCUT2D eigenvalue weighted by Gasteiger charge is -2.24. The van der Waals surface area contributed by atoms with Crippen molar-refractivity contribution in [2.24, 2.45) is 0 Å². The molecule has 7 heteroatoms. The molecule has 2 saturated heterocycles. The van der Waals surface area contributed by atoms with Gasteiger partial charge in [0, 0.05) is 26.2 Å². The summed E-state index contributed by atoms with van der Waals surface area (Å²) in [4.78, 5) is 28.4. The lowest BCUT2D eigenvalue weighted by atomic mass is 10.2. The summed E-state index contributed by atoms with van der Waals surface area (Å²) in [5.74, 6) is -0.663. The Kier molecular flexibility index (Phi) is 6.57. The van der Waals surface area contributed by atoms with E-state index >= 15 is 0 Å². The van der Waals surface area contributed by atoms with Gasteiger partial charge in [-0.15, -0.1) is 12.4 Å². The summed E-state index contributed by atoms with van der Waals surface area (Å²) in [7, 11) is 0. The Morgan fingerprint density at radius 1 is 1.04 bits per heavy atom. The number of hydrogen-bond acceptors (Lipinski definition) is 3. The zero-order valence-electron chi connectivity index (χ0n) is 13.5. The van der Waals surface area contributed by atoms with E-state index in [2.05, 4.69) is 5.32 Å². The van der Waals surface area contributed by atoms with Crippen LogP contribution in [0.2, 0.25) is 0 Å². The highest BCUT2D eigenvalue weighted by Gasteiger charge is 2.29. The molecule has 0 aromatic heterocycles. The lowest BCUT2D eigenvalue weighted by molar-refractivity contribution is -0.132. The Balaban J connectivity index is 0.00000208. The number of rotatable bonds is 2. The van der Waals surface area contributed by atoms with Gasteiger partial charge in [-0.05, 0) is 37.9 Å². The van der Waals surface area contributed by atoms with Gasteiger partial charge >= 0.3 is 0 Å². The molecule has 2 heterocycles. The van der Waals surface area contributed by atoms with Gasteiger partial charge in [0.25, 0.3) is 5.91 Å². The normalized spacial score (nSPS) is 21.1. The lowest BCUT2D eigenvalue weighted by Crippen LogP contribution is -2.45. The van der Waals surface area contributed by atoms with Crippen LogP contribution in [0.15, 0.2) is 24.3 Å². The van der Waals surface area contributed by atoms with E-state index in [1.165, 1.54) is 12.1 Å². The second kappa shape index (κ2) is 8.44. The number of hydrogen-bond donors (Lipinski definition) is 1. The first-order valence-electron chi connectivity index (χ1n) is 8.23. The predicted molar refractivity (Wildman–Crippen MR) is 91.8 cm³/mol. The highest BCUT2D eigenvalue weighted by atomic mass is 35.5. The summed E-state index contributed by atoms with van der Waals surface area (Å²) in [6, 6.07) is 5.96. The fourth-order valence-electron chi connectivity index (χ4n) is 3.26. The van der Waals surface area contributed by atoms with Gasteiger partial charge in [-0.3, -0.25) is 9.59 Å². The minimum atomic E-state index is -0.496. The molecule has 2 aliphatic heterocycles. The van der Waals surface area contributed by atoms with E-state index in [1.807, 2.05) is 4.90 Å². The third-order valence-corrected chi connectivity index (χ3v) is 4.56. The Hall–Kier alpha value is -1.66. The number of benzene rings is 1. The van der Waals surface area contributed by atoms with Crippen molar-refractivity contribution < 1.29 is 14.0 Å². The van der Waals surface area contributed by atoms with Gasteiger partial charge in [-0.1, -0.05) is 12.1 Å². The van der Waals surface area contributed by atoms with E-state index in [1.54, 1.807) is 17.0 Å². The van der Waals surface area contributed by atoms with Crippen molar-refractivity contribution in [1.82, 2.24) is 15.1 Å². The number of nitrogens with zero attached hydrogens (tertiary/aromatic N) is 2. The van der Waals surface area contributed by atoms with E-state index < -0.39 is 5.82 Å². The van der Waals surface area contributed by atoms with Crippen LogP contribution >= 0.6 is 12.4 Å². The van der Waals surface area contributed by atoms with Crippen LogP contribution in [0.4, 0.5) is 4.39 Å². The summed E-state index contributed by atoms with van der Waals surface area (Å²) < 4.78 is 13.8. The molecule has 2 aliphatic rings. The first-order chi connectivity index (χ1) is 11.2. The minimum Gasteiger partial charge on any atom is -0.340 e. The molecule has 0 saturated carbocycles. The van der Waals surface area contributed by atoms with Crippen LogP contribution in [0.25, 0.3) is 0 Å². The summed E-state index contributed by atoms with van der Waals surface area (Å²) >= 11 is 0. The number of nitrogens with one attached hydrogen (secondary N) is 1. The van der Waals surface area contributed by atoms with Crippen LogP contribution in [0.3, 0.4) is 0 Å². The number of carbonyl (C=O) groups excluding carboxylic acids is 2. The maximum atomic E-state index is 13.8. The van der Waals surface area contributed by atoms with Gasteiger partial charge in [-0.25, -0.2) is 4.39 Å². The second-order valence-electron chi connectivity index (χ2n) is 6.10. The highest BCUT2D eigenvalue weighted by Crippen LogP contribution is 2.14. The average molecular weight is 356 g/mol. The van der Waals surface area contributed by atoms with Crippen LogP contribution in [0.5, 0.6) is 0 Å². The Morgan fingerprint density at radius 2 is 1.75 bits per heavy atom. The monoisotopic (exact) mass is 355 g/mol. The second-order valence-corrected chi connectivity index (χ2v) is 6.10. The minimum absolute atomic E-state index is 0. The fraction of sp³-hybridized carbons (Fsp3) is 0.529. The maximum Gasteiger partial charge on any atom is 0.256 e. The van der Waals surface area contributed by atoms with Crippen molar-refractivity contribution in [1.29, 1.82) is 0 Å². The molecule has 24 heavy (non-hydrogen) atoms. The summed E-state index contributed by atoms with van der Waals surface area (Å²) in [5, 5.41) is 3.22. The largest absolute Gasteiger partial charge is 0.340 e. The van der Waals surface area contributed by atoms with Gasteiger partial charge in [0.05, 0.1) is 11.6 Å². The molecule has 0 aliphatic carbocycles. The average Bonchev–Trinajstić information content (AvgIpc) is 2.98. The van der Waals surface area contributed by atoms with Crippen LogP contribution < -0.4 is 5.32 Å². The molecule has 1 N–H and O–H groups in total. The van der Waals surface area contributed by atoms with E-state index in [-0.39, 0.29) is 35.8 Å². The van der Waals surface area contributed by atoms with Crippen molar-refractivity contribution in [2.45, 2.75) is 25.3 Å². The molecular weight excluding hydrogens is 333 g/mol. The fourth-order valence-corrected chi connectivity index (χ4v) is 3.26. The first-order valence-corrected chi connectivity index (χ1v) is 8.23. The van der Waals surface area contributed by atoms with Gasteiger partial charge < -0.3 is 15.1 Å². The molecule has 0 bridgehead atoms. The zero-order chi connectivity index (χ0) is 16.2. The first kappa shape index (κ1) is 18.7. The van der Waals surface area contributed by atoms with E-state index in [0.29, 0.717) is 26.2 Å². The molecule has 2 amide bonds. The molecule has 2 fully saturated rings. The predicted octanol–water partition coefficient (Wildman–Crippen LogP) is 1.67. The molecule has 0 spiro atoms. The number of amides is 2. The van der Waals surface area contributed by atoms with Crippen LogP contribution in [-0.4, -0.2) is 60.4 Å². The summed E-state index contributed by atoms with van der Waals surface area (Å²) in [6.07, 6.45) is 2.63. The van der Waals surface area contributed by atoms with E-state index in [9.17, 15) is 14.0 Å². The van der Waals surface area contributed by atoms with E-state index in [0.717, 1.165) is 25.8 Å². The Labute approximate surface area is 147 Å². The molecule has 1 aromatic carbocycles. The molecule has 1 atom stereocenters. The van der Waals surface area contributed by atoms with Crippen LogP contribution in [0.1, 0.15) is 29.6 Å². The molecule has 1 unspecified atom stereocenters. The quantitative estimate of drug-likeness (QED) is 0.878. The third kappa shape index (κ3) is 4.05. The molecule has 0 radical (unpaired) electrons. The van der Waals surface area contributed by atoms with Gasteiger partial charge in [0.15, 0.2) is 0 Å². The van der Waals surface area contributed by atoms with Crippen molar-refractivity contribution in [3.8, 4) is 0 Å². The Bertz CT molecular complexity index is 593. The summed E-state index contributed by atoms with van der Waals surface area (Å²) in [5.41, 5.74) is 0.102. The molecule has 132 valence electrons. The molecule has 3 rings (SSSR count). The third-order valence-electron chi connectivity index (χ3n) is 4.56. The van der Waals surface area contributed by atoms with Crippen LogP contribution in [0, 0.1) is 5.82 Å². The zero-order valence-corrected chi connectivity index (χ0v) is 14.4. The Morgan fingerprint density at radius 3 is 2.46 bits per heavy atom. The SMILES string of the molecule is Cl.O=C(c1ccccc1F)N1CCCN(C(=O)C2CCCN2)CC1. The topological polar surface area (TPSA) is 52.7 Å². The highest BCUT2D eigenvalue weighted by molar-refractivity contribution is 5.94. The van der Waals surface area contributed by atoms with Gasteiger partial charge in [-0.2, -0.15) is 0 Å². The van der Waals surface area contributed by atoms with Crippen LogP contribution in [-0.2, 0) is 4.79 Å². The van der Waals surface area contributed by atoms with Crippen molar-refractivity contribution in [3.05, 3.63) is 35.6 Å². The summed E-state index contributed by atoms with van der Waals surface area (Å²) in [6.45, 7) is 3.05. The van der Waals surface area contributed by atoms with Gasteiger partial charge in [0.1, 0.15) is 5.82 Å². The number of halogens is 2. The molecular formula is C17H23ClFN3O2.